The summed E-state index contributed by atoms with van der Waals surface area (Å²) >= 11 is 12.8. The van der Waals surface area contributed by atoms with Crippen LogP contribution in [0.1, 0.15) is 31.7 Å². The van der Waals surface area contributed by atoms with Gasteiger partial charge in [-0.05, 0) is 50.9 Å². The predicted molar refractivity (Wildman–Crippen MR) is 87.2 cm³/mol. The van der Waals surface area contributed by atoms with E-state index in [1.54, 1.807) is 0 Å². The minimum atomic E-state index is 0.487. The van der Waals surface area contributed by atoms with Crippen molar-refractivity contribution in [1.82, 2.24) is 4.90 Å². The number of benzene rings is 1. The number of piperidine rings is 1. The lowest BCUT2D eigenvalue weighted by Gasteiger charge is -2.48. The van der Waals surface area contributed by atoms with Crippen molar-refractivity contribution in [1.29, 1.82) is 0 Å². The van der Waals surface area contributed by atoms with Crippen LogP contribution in [0.4, 0.5) is 5.69 Å². The Balaban J connectivity index is 1.88. The van der Waals surface area contributed by atoms with E-state index in [1.807, 2.05) is 19.1 Å². The van der Waals surface area contributed by atoms with E-state index in [2.05, 4.69) is 16.7 Å². The Morgan fingerprint density at radius 3 is 2.70 bits per heavy atom. The molecule has 3 rings (SSSR count). The number of anilines is 1. The summed E-state index contributed by atoms with van der Waals surface area (Å²) in [5.41, 5.74) is 2.14. The summed E-state index contributed by atoms with van der Waals surface area (Å²) < 4.78 is 0. The summed E-state index contributed by atoms with van der Waals surface area (Å²) in [6.07, 6.45) is 4.01. The third-order valence-electron chi connectivity index (χ3n) is 4.72. The molecule has 2 unspecified atom stereocenters. The highest BCUT2D eigenvalue weighted by molar-refractivity contribution is 6.35. The fourth-order valence-corrected chi connectivity index (χ4v) is 4.03. The molecule has 4 heteroatoms. The Labute approximate surface area is 131 Å². The van der Waals surface area contributed by atoms with E-state index in [4.69, 9.17) is 23.2 Å². The number of rotatable bonds is 1. The molecule has 0 amide bonds. The first-order valence-electron chi connectivity index (χ1n) is 7.52. The zero-order valence-electron chi connectivity index (χ0n) is 12.2. The molecule has 0 radical (unpaired) electrons. The monoisotopic (exact) mass is 312 g/mol. The summed E-state index contributed by atoms with van der Waals surface area (Å²) in [5.74, 6) is 0. The lowest BCUT2D eigenvalue weighted by molar-refractivity contribution is 0.115. The summed E-state index contributed by atoms with van der Waals surface area (Å²) in [5, 5.41) is 1.63. The smallest absolute Gasteiger partial charge is 0.0643 e. The highest BCUT2D eigenvalue weighted by Gasteiger charge is 2.33. The predicted octanol–water partition coefficient (Wildman–Crippen LogP) is 4.36. The van der Waals surface area contributed by atoms with Crippen LogP contribution in [-0.4, -0.2) is 36.6 Å². The maximum absolute atomic E-state index is 6.46. The third kappa shape index (κ3) is 2.66. The van der Waals surface area contributed by atoms with Crippen molar-refractivity contribution < 1.29 is 0 Å². The van der Waals surface area contributed by atoms with Gasteiger partial charge >= 0.3 is 0 Å². The van der Waals surface area contributed by atoms with Crippen molar-refractivity contribution >= 4 is 28.9 Å². The highest BCUT2D eigenvalue weighted by atomic mass is 35.5. The van der Waals surface area contributed by atoms with Crippen molar-refractivity contribution in [2.45, 2.75) is 45.2 Å². The maximum atomic E-state index is 6.46. The molecule has 110 valence electrons. The fourth-order valence-electron chi connectivity index (χ4n) is 3.54. The number of piperazine rings is 1. The number of hydrogen-bond acceptors (Lipinski definition) is 2. The Morgan fingerprint density at radius 2 is 1.90 bits per heavy atom. The quantitative estimate of drug-likeness (QED) is 0.760. The van der Waals surface area contributed by atoms with Crippen molar-refractivity contribution in [3.63, 3.8) is 0 Å². The Bertz CT molecular complexity index is 503. The lowest BCUT2D eigenvalue weighted by Crippen LogP contribution is -2.58. The third-order valence-corrected chi connectivity index (χ3v) is 5.43. The first-order chi connectivity index (χ1) is 9.56. The Hall–Kier alpha value is -0.440. The molecule has 0 saturated carbocycles. The molecule has 0 aromatic heterocycles. The van der Waals surface area contributed by atoms with Gasteiger partial charge in [-0.25, -0.2) is 0 Å². The van der Waals surface area contributed by atoms with E-state index >= 15 is 0 Å². The summed E-state index contributed by atoms with van der Waals surface area (Å²) in [4.78, 5) is 5.09. The first kappa shape index (κ1) is 14.5. The second-order valence-corrected chi connectivity index (χ2v) is 7.01. The average molecular weight is 313 g/mol. The Morgan fingerprint density at radius 1 is 1.10 bits per heavy atom. The topological polar surface area (TPSA) is 6.48 Å². The number of aryl methyl sites for hydroxylation is 1. The van der Waals surface area contributed by atoms with Crippen molar-refractivity contribution in [3.8, 4) is 0 Å². The molecule has 2 heterocycles. The van der Waals surface area contributed by atoms with E-state index in [0.29, 0.717) is 12.1 Å². The number of nitrogens with zero attached hydrogens (tertiary/aromatic N) is 2. The zero-order chi connectivity index (χ0) is 14.3. The number of fused-ring (bicyclic) bond motifs is 1. The van der Waals surface area contributed by atoms with Gasteiger partial charge in [0.15, 0.2) is 0 Å². The van der Waals surface area contributed by atoms with Gasteiger partial charge in [-0.15, -0.1) is 0 Å². The molecule has 0 N–H and O–H groups in total. The molecule has 2 atom stereocenters. The maximum Gasteiger partial charge on any atom is 0.0643 e. The SMILES string of the molecule is Cc1cc(Cl)c(N2CC3CCCCN3CC2C)cc1Cl. The molecule has 20 heavy (non-hydrogen) atoms. The number of halogens is 2. The molecule has 2 saturated heterocycles. The van der Waals surface area contributed by atoms with Gasteiger partial charge in [0, 0.05) is 30.2 Å². The molecule has 2 aliphatic heterocycles. The zero-order valence-corrected chi connectivity index (χ0v) is 13.7. The van der Waals surface area contributed by atoms with Gasteiger partial charge in [0.25, 0.3) is 0 Å². The van der Waals surface area contributed by atoms with Crippen LogP contribution < -0.4 is 4.90 Å². The van der Waals surface area contributed by atoms with Crippen molar-refractivity contribution in [3.05, 3.63) is 27.7 Å². The van der Waals surface area contributed by atoms with E-state index in [0.717, 1.165) is 34.4 Å². The molecule has 1 aromatic rings. The minimum Gasteiger partial charge on any atom is -0.365 e. The molecular weight excluding hydrogens is 291 g/mol. The number of hydrogen-bond donors (Lipinski definition) is 0. The second-order valence-electron chi connectivity index (χ2n) is 6.20. The van der Waals surface area contributed by atoms with Crippen LogP contribution >= 0.6 is 23.2 Å². The normalized spacial score (nSPS) is 27.5. The van der Waals surface area contributed by atoms with Crippen LogP contribution in [0.15, 0.2) is 12.1 Å². The molecule has 0 aliphatic carbocycles. The Kier molecular flexibility index (Phi) is 4.16. The average Bonchev–Trinajstić information content (AvgIpc) is 2.42. The van der Waals surface area contributed by atoms with Crippen molar-refractivity contribution in [2.75, 3.05) is 24.5 Å². The largest absolute Gasteiger partial charge is 0.365 e. The minimum absolute atomic E-state index is 0.487. The van der Waals surface area contributed by atoms with Gasteiger partial charge in [0.2, 0.25) is 0 Å². The molecule has 0 spiro atoms. The van der Waals surface area contributed by atoms with Crippen LogP contribution in [-0.2, 0) is 0 Å². The molecule has 0 bridgehead atoms. The molecular formula is C16H22Cl2N2. The fraction of sp³-hybridized carbons (Fsp3) is 0.625. The van der Waals surface area contributed by atoms with Gasteiger partial charge in [-0.1, -0.05) is 29.6 Å². The van der Waals surface area contributed by atoms with Crippen LogP contribution in [0.5, 0.6) is 0 Å². The van der Waals surface area contributed by atoms with E-state index in [-0.39, 0.29) is 0 Å². The highest BCUT2D eigenvalue weighted by Crippen LogP contribution is 2.35. The van der Waals surface area contributed by atoms with E-state index in [9.17, 15) is 0 Å². The first-order valence-corrected chi connectivity index (χ1v) is 8.28. The lowest BCUT2D eigenvalue weighted by atomic mass is 9.96. The van der Waals surface area contributed by atoms with E-state index in [1.165, 1.54) is 25.8 Å². The summed E-state index contributed by atoms with van der Waals surface area (Å²) in [6.45, 7) is 7.74. The van der Waals surface area contributed by atoms with Gasteiger partial charge < -0.3 is 4.90 Å². The second kappa shape index (κ2) is 5.75. The molecule has 2 nitrogen and oxygen atoms in total. The van der Waals surface area contributed by atoms with Crippen molar-refractivity contribution in [2.24, 2.45) is 0 Å². The van der Waals surface area contributed by atoms with Crippen LogP contribution in [0.2, 0.25) is 10.0 Å². The van der Waals surface area contributed by atoms with Crippen LogP contribution in [0.25, 0.3) is 0 Å². The van der Waals surface area contributed by atoms with Crippen LogP contribution in [0, 0.1) is 6.92 Å². The standard InChI is InChI=1S/C16H22Cl2N2/c1-11-7-15(18)16(8-14(11)17)20-10-13-5-3-4-6-19(13)9-12(20)2/h7-8,12-13H,3-6,9-10H2,1-2H3. The molecule has 2 fully saturated rings. The van der Waals surface area contributed by atoms with Gasteiger partial charge in [0.1, 0.15) is 0 Å². The van der Waals surface area contributed by atoms with Gasteiger partial charge in [-0.3, -0.25) is 4.90 Å². The van der Waals surface area contributed by atoms with Gasteiger partial charge in [-0.2, -0.15) is 0 Å². The van der Waals surface area contributed by atoms with Crippen LogP contribution in [0.3, 0.4) is 0 Å². The van der Waals surface area contributed by atoms with E-state index < -0.39 is 0 Å². The molecule has 2 aliphatic rings. The van der Waals surface area contributed by atoms with Gasteiger partial charge in [0.05, 0.1) is 10.7 Å². The molecule has 1 aromatic carbocycles. The summed E-state index contributed by atoms with van der Waals surface area (Å²) in [7, 11) is 0. The summed E-state index contributed by atoms with van der Waals surface area (Å²) in [6, 6.07) is 5.18.